The average molecular weight is 806 g/mol. The van der Waals surface area contributed by atoms with Crippen molar-refractivity contribution >= 4 is 72.2 Å². The Balaban J connectivity index is 2.01. The van der Waals surface area contributed by atoms with Crippen molar-refractivity contribution in [2.75, 3.05) is 4.90 Å². The Hall–Kier alpha value is -1.46. The first kappa shape index (κ1) is 30.1. The zero-order valence-corrected chi connectivity index (χ0v) is 32.4. The van der Waals surface area contributed by atoms with Gasteiger partial charge in [0.25, 0.3) is 0 Å². The molecular formula is C33H39NSn3. The Bertz CT molecular complexity index is 1220. The van der Waals surface area contributed by atoms with Gasteiger partial charge in [0.15, 0.2) is 0 Å². The van der Waals surface area contributed by atoms with Gasteiger partial charge in [-0.05, 0) is 0 Å². The SMILES string of the molecule is [CH3][Sn]([CH3])([CH3])[C]#Cc1ccc(N(c2ccc(C#[C][Sn]([CH3])([CH3])[CH3])cc2)c2ccc(C#[C][Sn]([CH3])([CH3])[CH3])cc2)cc1. The van der Waals surface area contributed by atoms with Crippen molar-refractivity contribution in [2.24, 2.45) is 0 Å². The summed E-state index contributed by atoms with van der Waals surface area (Å²) in [4.78, 5) is 23.4. The van der Waals surface area contributed by atoms with E-state index < -0.39 is 55.1 Å². The maximum absolute atomic E-state index is 3.54. The summed E-state index contributed by atoms with van der Waals surface area (Å²) in [7, 11) is 0. The van der Waals surface area contributed by atoms with E-state index in [-0.39, 0.29) is 0 Å². The number of hydrogen-bond acceptors (Lipinski definition) is 1. The van der Waals surface area contributed by atoms with Crippen molar-refractivity contribution < 1.29 is 0 Å². The maximum atomic E-state index is 3.54. The van der Waals surface area contributed by atoms with Gasteiger partial charge in [-0.1, -0.05) is 0 Å². The van der Waals surface area contributed by atoms with E-state index in [1.807, 2.05) is 0 Å². The van der Waals surface area contributed by atoms with Gasteiger partial charge in [-0.3, -0.25) is 0 Å². The molecule has 0 heterocycles. The number of anilines is 3. The van der Waals surface area contributed by atoms with E-state index in [1.54, 1.807) is 0 Å². The summed E-state index contributed by atoms with van der Waals surface area (Å²) in [6.07, 6.45) is 0. The molecule has 1 nitrogen and oxygen atoms in total. The van der Waals surface area contributed by atoms with E-state index in [0.29, 0.717) is 0 Å². The summed E-state index contributed by atoms with van der Waals surface area (Å²) < 4.78 is 10.6. The van der Waals surface area contributed by atoms with Crippen LogP contribution in [0.2, 0.25) is 44.5 Å². The molecule has 0 radical (unpaired) electrons. The first-order valence-corrected chi connectivity index (χ1v) is 42.9. The normalized spacial score (nSPS) is 11.3. The zero-order valence-electron chi connectivity index (χ0n) is 23.9. The minimum absolute atomic E-state index is 1.08. The summed E-state index contributed by atoms with van der Waals surface area (Å²) in [5.74, 6) is 10.2. The molecule has 0 fully saturated rings. The van der Waals surface area contributed by atoms with Crippen molar-refractivity contribution in [3.8, 4) is 29.6 Å². The van der Waals surface area contributed by atoms with Crippen LogP contribution in [0.5, 0.6) is 0 Å². The van der Waals surface area contributed by atoms with E-state index in [2.05, 4.69) is 152 Å². The second-order valence-electron chi connectivity index (χ2n) is 12.5. The fourth-order valence-electron chi connectivity index (χ4n) is 3.31. The van der Waals surface area contributed by atoms with E-state index in [0.717, 1.165) is 33.8 Å². The predicted molar refractivity (Wildman–Crippen MR) is 172 cm³/mol. The van der Waals surface area contributed by atoms with Gasteiger partial charge in [-0.15, -0.1) is 0 Å². The first-order chi connectivity index (χ1) is 17.2. The number of benzene rings is 3. The second-order valence-corrected chi connectivity index (χ2v) is 53.1. The molecule has 188 valence electrons. The fourth-order valence-corrected chi connectivity index (χ4v) is 7.75. The molecule has 0 spiro atoms. The predicted octanol–water partition coefficient (Wildman–Crippen LogP) is 8.84. The Kier molecular flexibility index (Phi) is 10.2. The van der Waals surface area contributed by atoms with Crippen molar-refractivity contribution in [1.29, 1.82) is 0 Å². The summed E-state index contributed by atoms with van der Waals surface area (Å²) in [6.45, 7) is 0. The molecule has 0 unspecified atom stereocenters. The molecule has 0 aliphatic carbocycles. The van der Waals surface area contributed by atoms with Crippen LogP contribution >= 0.6 is 0 Å². The molecule has 0 saturated heterocycles. The standard InChI is InChI=1S/C24H12N.9CH3.3Sn/c1-4-19-7-13-22(14-8-19)25(23-15-9-20(5-2)10-16-23)24-17-11-21(6-3)12-18-24;;;;;;;;;;;;/h7-18H;9*1H3;;;. The van der Waals surface area contributed by atoms with E-state index in [9.17, 15) is 0 Å². The van der Waals surface area contributed by atoms with Gasteiger partial charge in [-0.2, -0.15) is 0 Å². The summed E-state index contributed by atoms with van der Waals surface area (Å²) >= 11 is -6.39. The molecule has 0 aliphatic heterocycles. The van der Waals surface area contributed by atoms with Crippen molar-refractivity contribution in [3.63, 3.8) is 0 Å². The number of nitrogens with zero attached hydrogens (tertiary/aromatic N) is 1. The molecule has 0 atom stereocenters. The average Bonchev–Trinajstić information content (AvgIpc) is 2.81. The third-order valence-corrected chi connectivity index (χ3v) is 12.6. The van der Waals surface area contributed by atoms with Gasteiger partial charge in [0, 0.05) is 0 Å². The van der Waals surface area contributed by atoms with Crippen LogP contribution < -0.4 is 4.90 Å². The van der Waals surface area contributed by atoms with Gasteiger partial charge >= 0.3 is 241 Å². The molecule has 4 heteroatoms. The number of rotatable bonds is 3. The first-order valence-electron chi connectivity index (χ1n) is 12.9. The monoisotopic (exact) mass is 809 g/mol. The van der Waals surface area contributed by atoms with Crippen LogP contribution in [0.3, 0.4) is 0 Å². The number of hydrogen-bond donors (Lipinski definition) is 0. The molecule has 37 heavy (non-hydrogen) atoms. The summed E-state index contributed by atoms with van der Waals surface area (Å²) in [5, 5.41) is 0. The summed E-state index contributed by atoms with van der Waals surface area (Å²) in [5.41, 5.74) is 6.56. The van der Waals surface area contributed by atoms with Crippen molar-refractivity contribution in [1.82, 2.24) is 0 Å². The van der Waals surface area contributed by atoms with Gasteiger partial charge in [-0.25, -0.2) is 0 Å². The fraction of sp³-hybridized carbons (Fsp3) is 0.273. The molecule has 3 aromatic rings. The quantitative estimate of drug-likeness (QED) is 0.189. The molecular weight excluding hydrogens is 767 g/mol. The van der Waals surface area contributed by atoms with Crippen molar-refractivity contribution in [2.45, 2.75) is 44.5 Å². The van der Waals surface area contributed by atoms with Crippen LogP contribution in [-0.2, 0) is 0 Å². The van der Waals surface area contributed by atoms with Crippen LogP contribution in [0.15, 0.2) is 72.8 Å². The summed E-state index contributed by atoms with van der Waals surface area (Å²) in [6, 6.07) is 25.9. The molecule has 0 aromatic heterocycles. The minimum atomic E-state index is -2.13. The Labute approximate surface area is 238 Å². The van der Waals surface area contributed by atoms with Gasteiger partial charge < -0.3 is 0 Å². The van der Waals surface area contributed by atoms with Gasteiger partial charge in [0.1, 0.15) is 0 Å². The van der Waals surface area contributed by atoms with Crippen LogP contribution in [0.1, 0.15) is 16.7 Å². The van der Waals surface area contributed by atoms with E-state index in [1.165, 1.54) is 0 Å². The van der Waals surface area contributed by atoms with E-state index >= 15 is 0 Å². The van der Waals surface area contributed by atoms with Gasteiger partial charge in [0.05, 0.1) is 0 Å². The van der Waals surface area contributed by atoms with Gasteiger partial charge in [0.2, 0.25) is 0 Å². The van der Waals surface area contributed by atoms with Crippen LogP contribution in [-0.4, -0.2) is 55.1 Å². The second kappa shape index (κ2) is 12.6. The van der Waals surface area contributed by atoms with Crippen LogP contribution in [0.4, 0.5) is 17.1 Å². The Morgan fingerprint density at radius 3 is 0.784 bits per heavy atom. The van der Waals surface area contributed by atoms with Crippen LogP contribution in [0.25, 0.3) is 0 Å². The third-order valence-electron chi connectivity index (χ3n) is 5.12. The molecule has 3 aromatic carbocycles. The zero-order chi connectivity index (χ0) is 27.3. The topological polar surface area (TPSA) is 3.24 Å². The Morgan fingerprint density at radius 1 is 0.378 bits per heavy atom. The van der Waals surface area contributed by atoms with Crippen LogP contribution in [0, 0.1) is 29.6 Å². The molecule has 0 aliphatic rings. The van der Waals surface area contributed by atoms with E-state index in [4.69, 9.17) is 0 Å². The molecule has 0 N–H and O–H groups in total. The Morgan fingerprint density at radius 2 is 0.595 bits per heavy atom. The third kappa shape index (κ3) is 10.7. The molecule has 0 bridgehead atoms. The molecule has 3 rings (SSSR count). The molecule has 0 saturated carbocycles. The molecule has 0 amide bonds. The van der Waals surface area contributed by atoms with Crippen molar-refractivity contribution in [3.05, 3.63) is 89.5 Å².